The summed E-state index contributed by atoms with van der Waals surface area (Å²) in [4.78, 5) is 4.16. The molecular weight excluding hydrogens is 190 g/mol. The van der Waals surface area contributed by atoms with Crippen molar-refractivity contribution in [3.05, 3.63) is 36.3 Å². The van der Waals surface area contributed by atoms with Crippen LogP contribution < -0.4 is 11.1 Å². The van der Waals surface area contributed by atoms with E-state index in [0.717, 1.165) is 5.56 Å². The van der Waals surface area contributed by atoms with Crippen molar-refractivity contribution in [1.29, 1.82) is 0 Å². The Bertz CT molecular complexity index is 423. The summed E-state index contributed by atoms with van der Waals surface area (Å²) in [6, 6.07) is 3.75. The molecule has 0 bridgehead atoms. The van der Waals surface area contributed by atoms with E-state index in [1.807, 2.05) is 25.3 Å². The van der Waals surface area contributed by atoms with Gasteiger partial charge in [-0.2, -0.15) is 5.10 Å². The maximum absolute atomic E-state index is 5.77. The monoisotopic (exact) mass is 203 g/mol. The summed E-state index contributed by atoms with van der Waals surface area (Å²) in [5, 5.41) is 9.88. The highest BCUT2D eigenvalue weighted by molar-refractivity contribution is 5.61. The fraction of sp³-hybridized carbons (Fsp3) is 0.200. The van der Waals surface area contributed by atoms with E-state index in [2.05, 4.69) is 20.5 Å². The number of nitrogens with one attached hydrogen (secondary N) is 2. The zero-order valence-corrected chi connectivity index (χ0v) is 8.44. The van der Waals surface area contributed by atoms with Gasteiger partial charge in [-0.15, -0.1) is 0 Å². The molecule has 5 nitrogen and oxygen atoms in total. The molecule has 0 fully saturated rings. The molecule has 0 radical (unpaired) electrons. The van der Waals surface area contributed by atoms with Crippen molar-refractivity contribution in [2.24, 2.45) is 0 Å². The lowest BCUT2D eigenvalue weighted by Gasteiger charge is -2.13. The van der Waals surface area contributed by atoms with E-state index in [-0.39, 0.29) is 6.04 Å². The number of anilines is 2. The molecule has 1 unspecified atom stereocenters. The molecule has 0 saturated heterocycles. The van der Waals surface area contributed by atoms with Crippen LogP contribution in [0.1, 0.15) is 18.5 Å². The van der Waals surface area contributed by atoms with Crippen molar-refractivity contribution in [3.8, 4) is 0 Å². The van der Waals surface area contributed by atoms with Gasteiger partial charge in [0.2, 0.25) is 0 Å². The third-order valence-corrected chi connectivity index (χ3v) is 2.21. The number of hydrogen-bond acceptors (Lipinski definition) is 4. The number of nitrogen functional groups attached to an aromatic ring is 1. The second-order valence-electron chi connectivity index (χ2n) is 3.34. The van der Waals surface area contributed by atoms with Crippen LogP contribution in [0.25, 0.3) is 0 Å². The third-order valence-electron chi connectivity index (χ3n) is 2.21. The van der Waals surface area contributed by atoms with Crippen molar-refractivity contribution < 1.29 is 0 Å². The summed E-state index contributed by atoms with van der Waals surface area (Å²) < 4.78 is 0. The molecule has 0 aliphatic carbocycles. The molecule has 0 aliphatic rings. The third kappa shape index (κ3) is 2.07. The van der Waals surface area contributed by atoms with Gasteiger partial charge in [0.15, 0.2) is 0 Å². The molecular formula is C10H13N5. The molecule has 0 aromatic carbocycles. The van der Waals surface area contributed by atoms with Gasteiger partial charge in [0.25, 0.3) is 0 Å². The summed E-state index contributed by atoms with van der Waals surface area (Å²) in [5.74, 6) is 0.700. The molecule has 0 spiro atoms. The van der Waals surface area contributed by atoms with Crippen molar-refractivity contribution >= 4 is 11.5 Å². The van der Waals surface area contributed by atoms with E-state index >= 15 is 0 Å². The Morgan fingerprint density at radius 3 is 3.07 bits per heavy atom. The normalized spacial score (nSPS) is 12.3. The van der Waals surface area contributed by atoms with Crippen LogP contribution >= 0.6 is 0 Å². The van der Waals surface area contributed by atoms with E-state index in [9.17, 15) is 0 Å². The quantitative estimate of drug-likeness (QED) is 0.707. The number of rotatable bonds is 3. The zero-order valence-electron chi connectivity index (χ0n) is 8.44. The Morgan fingerprint density at radius 2 is 2.40 bits per heavy atom. The molecule has 2 rings (SSSR count). The summed E-state index contributed by atoms with van der Waals surface area (Å²) in [6.45, 7) is 2.03. The molecule has 2 aromatic rings. The number of nitrogens with two attached hydrogens (primary N) is 1. The maximum atomic E-state index is 5.77. The van der Waals surface area contributed by atoms with Gasteiger partial charge in [0.1, 0.15) is 5.82 Å². The van der Waals surface area contributed by atoms with Crippen LogP contribution in [0, 0.1) is 0 Å². The molecule has 5 heteroatoms. The molecule has 2 aromatic heterocycles. The van der Waals surface area contributed by atoms with Crippen LogP contribution in [-0.4, -0.2) is 15.2 Å². The molecule has 78 valence electrons. The predicted octanol–water partition coefficient (Wildman–Crippen LogP) is 1.56. The first-order valence-corrected chi connectivity index (χ1v) is 4.73. The molecule has 0 aliphatic heterocycles. The van der Waals surface area contributed by atoms with Crippen molar-refractivity contribution in [2.75, 3.05) is 11.1 Å². The second kappa shape index (κ2) is 4.00. The minimum absolute atomic E-state index is 0.126. The van der Waals surface area contributed by atoms with Crippen molar-refractivity contribution in [1.82, 2.24) is 15.2 Å². The van der Waals surface area contributed by atoms with E-state index in [1.54, 1.807) is 12.4 Å². The van der Waals surface area contributed by atoms with Crippen LogP contribution in [0.5, 0.6) is 0 Å². The summed E-state index contributed by atoms with van der Waals surface area (Å²) >= 11 is 0. The molecule has 15 heavy (non-hydrogen) atoms. The number of nitrogens with zero attached hydrogens (tertiary/aromatic N) is 2. The largest absolute Gasteiger partial charge is 0.396 e. The lowest BCUT2D eigenvalue weighted by atomic mass is 10.2. The van der Waals surface area contributed by atoms with E-state index < -0.39 is 0 Å². The highest BCUT2D eigenvalue weighted by atomic mass is 15.1. The van der Waals surface area contributed by atoms with Crippen LogP contribution in [0.3, 0.4) is 0 Å². The van der Waals surface area contributed by atoms with E-state index in [4.69, 9.17) is 5.73 Å². The lowest BCUT2D eigenvalue weighted by molar-refractivity contribution is 0.877. The van der Waals surface area contributed by atoms with Crippen LogP contribution in [-0.2, 0) is 0 Å². The molecule has 0 amide bonds. The molecule has 2 heterocycles. The highest BCUT2D eigenvalue weighted by Gasteiger charge is 2.08. The first-order valence-electron chi connectivity index (χ1n) is 4.73. The summed E-state index contributed by atoms with van der Waals surface area (Å²) in [5.41, 5.74) is 7.49. The Kier molecular flexibility index (Phi) is 2.53. The van der Waals surface area contributed by atoms with Crippen molar-refractivity contribution in [2.45, 2.75) is 13.0 Å². The average molecular weight is 203 g/mol. The SMILES string of the molecule is CC(Nc1ncccc1N)c1cn[nH]c1. The van der Waals surface area contributed by atoms with Gasteiger partial charge >= 0.3 is 0 Å². The smallest absolute Gasteiger partial charge is 0.149 e. The topological polar surface area (TPSA) is 79.6 Å². The lowest BCUT2D eigenvalue weighted by Crippen LogP contribution is -2.08. The van der Waals surface area contributed by atoms with Gasteiger partial charge in [0.05, 0.1) is 17.9 Å². The minimum Gasteiger partial charge on any atom is -0.396 e. The summed E-state index contributed by atoms with van der Waals surface area (Å²) in [6.07, 6.45) is 5.33. The van der Waals surface area contributed by atoms with Gasteiger partial charge in [0, 0.05) is 18.0 Å². The minimum atomic E-state index is 0.126. The van der Waals surface area contributed by atoms with Gasteiger partial charge in [-0.1, -0.05) is 0 Å². The number of aromatic amines is 1. The van der Waals surface area contributed by atoms with Crippen LogP contribution in [0.15, 0.2) is 30.7 Å². The predicted molar refractivity (Wildman–Crippen MR) is 59.3 cm³/mol. The zero-order chi connectivity index (χ0) is 10.7. The Balaban J connectivity index is 2.13. The van der Waals surface area contributed by atoms with Gasteiger partial charge in [-0.05, 0) is 19.1 Å². The first kappa shape index (κ1) is 9.51. The fourth-order valence-electron chi connectivity index (χ4n) is 1.32. The second-order valence-corrected chi connectivity index (χ2v) is 3.34. The van der Waals surface area contributed by atoms with Crippen LogP contribution in [0.4, 0.5) is 11.5 Å². The van der Waals surface area contributed by atoms with E-state index in [1.165, 1.54) is 0 Å². The number of hydrogen-bond donors (Lipinski definition) is 3. The Hall–Kier alpha value is -2.04. The number of H-pyrrole nitrogens is 1. The maximum Gasteiger partial charge on any atom is 0.149 e. The molecule has 0 saturated carbocycles. The highest BCUT2D eigenvalue weighted by Crippen LogP contribution is 2.20. The van der Waals surface area contributed by atoms with Gasteiger partial charge < -0.3 is 11.1 Å². The first-order chi connectivity index (χ1) is 7.27. The fourth-order valence-corrected chi connectivity index (χ4v) is 1.32. The van der Waals surface area contributed by atoms with Crippen molar-refractivity contribution in [3.63, 3.8) is 0 Å². The summed E-state index contributed by atoms with van der Waals surface area (Å²) in [7, 11) is 0. The average Bonchev–Trinajstić information content (AvgIpc) is 2.74. The molecule has 4 N–H and O–H groups in total. The number of aromatic nitrogens is 3. The van der Waals surface area contributed by atoms with E-state index in [0.29, 0.717) is 11.5 Å². The van der Waals surface area contributed by atoms with Gasteiger partial charge in [-0.25, -0.2) is 4.98 Å². The number of pyridine rings is 1. The van der Waals surface area contributed by atoms with Gasteiger partial charge in [-0.3, -0.25) is 5.10 Å². The Morgan fingerprint density at radius 1 is 1.53 bits per heavy atom. The van der Waals surface area contributed by atoms with Crippen LogP contribution in [0.2, 0.25) is 0 Å². The Labute approximate surface area is 87.7 Å². The molecule has 1 atom stereocenters. The standard InChI is InChI=1S/C10H13N5/c1-7(8-5-13-14-6-8)15-10-9(11)3-2-4-12-10/h2-7H,11H2,1H3,(H,12,15)(H,13,14).